The van der Waals surface area contributed by atoms with E-state index in [0.717, 1.165) is 10.0 Å². The highest BCUT2D eigenvalue weighted by molar-refractivity contribution is 9.10. The first-order valence-corrected chi connectivity index (χ1v) is 7.86. The summed E-state index contributed by atoms with van der Waals surface area (Å²) in [7, 11) is 1.61. The molecule has 0 fully saturated rings. The topological polar surface area (TPSA) is 64.4 Å². The summed E-state index contributed by atoms with van der Waals surface area (Å²) in [4.78, 5) is 16.0. The molecule has 2 aromatic rings. The fraction of sp³-hybridized carbons (Fsp3) is 0.375. The zero-order chi connectivity index (χ0) is 15.9. The number of carbonyl (C=O) groups excluding carboxylic acids is 1. The smallest absolute Gasteiger partial charge is 0.220 e. The molecule has 1 amide bonds. The lowest BCUT2D eigenvalue weighted by Gasteiger charge is -2.11. The minimum Gasteiger partial charge on any atom is -0.441 e. The van der Waals surface area contributed by atoms with Gasteiger partial charge in [-0.05, 0) is 19.1 Å². The first kappa shape index (κ1) is 16.7. The van der Waals surface area contributed by atoms with E-state index in [1.165, 1.54) is 0 Å². The zero-order valence-corrected chi connectivity index (χ0v) is 14.2. The Morgan fingerprint density at radius 3 is 2.82 bits per heavy atom. The van der Waals surface area contributed by atoms with Crippen molar-refractivity contribution >= 4 is 21.8 Å². The third-order valence-electron chi connectivity index (χ3n) is 3.07. The quantitative estimate of drug-likeness (QED) is 0.817. The summed E-state index contributed by atoms with van der Waals surface area (Å²) in [5.74, 6) is 1.23. The molecule has 0 aliphatic rings. The Morgan fingerprint density at radius 2 is 2.14 bits per heavy atom. The van der Waals surface area contributed by atoms with Crippen LogP contribution in [0.3, 0.4) is 0 Å². The Kier molecular flexibility index (Phi) is 6.15. The average molecular weight is 367 g/mol. The molecule has 0 aliphatic carbocycles. The van der Waals surface area contributed by atoms with E-state index in [4.69, 9.17) is 9.15 Å². The van der Waals surface area contributed by atoms with E-state index in [9.17, 15) is 4.79 Å². The van der Waals surface area contributed by atoms with Gasteiger partial charge in [-0.3, -0.25) is 4.79 Å². The predicted octanol–water partition coefficient (Wildman–Crippen LogP) is 3.19. The van der Waals surface area contributed by atoms with Crippen molar-refractivity contribution < 1.29 is 13.9 Å². The highest BCUT2D eigenvalue weighted by Gasteiger charge is 2.11. The molecule has 5 nitrogen and oxygen atoms in total. The van der Waals surface area contributed by atoms with Gasteiger partial charge in [0.2, 0.25) is 5.91 Å². The molecule has 1 unspecified atom stereocenters. The molecular formula is C16H19BrN2O3. The van der Waals surface area contributed by atoms with E-state index in [1.807, 2.05) is 31.2 Å². The van der Waals surface area contributed by atoms with Crippen LogP contribution in [0.1, 0.15) is 19.2 Å². The van der Waals surface area contributed by atoms with Crippen molar-refractivity contribution in [2.75, 3.05) is 13.7 Å². The predicted molar refractivity (Wildman–Crippen MR) is 87.4 cm³/mol. The third kappa shape index (κ3) is 4.96. The standard InChI is InChI=1S/C16H19BrN2O3/c1-11(10-21-2)19-15(20)7-8-16-18-9-14(22-16)12-3-5-13(17)6-4-12/h3-6,9,11H,7-8,10H2,1-2H3,(H,19,20). The number of nitrogens with zero attached hydrogens (tertiary/aromatic N) is 1. The Morgan fingerprint density at radius 1 is 1.41 bits per heavy atom. The number of rotatable bonds is 7. The van der Waals surface area contributed by atoms with Crippen LogP contribution in [0.5, 0.6) is 0 Å². The molecule has 6 heteroatoms. The summed E-state index contributed by atoms with van der Waals surface area (Å²) in [6, 6.07) is 7.80. The van der Waals surface area contributed by atoms with E-state index in [0.29, 0.717) is 31.1 Å². The molecule has 22 heavy (non-hydrogen) atoms. The van der Waals surface area contributed by atoms with Crippen molar-refractivity contribution in [2.24, 2.45) is 0 Å². The molecule has 0 spiro atoms. The van der Waals surface area contributed by atoms with Gasteiger partial charge in [0.1, 0.15) is 0 Å². The number of carbonyl (C=O) groups is 1. The van der Waals surface area contributed by atoms with E-state index in [2.05, 4.69) is 26.2 Å². The van der Waals surface area contributed by atoms with Crippen LogP contribution in [0.15, 0.2) is 39.4 Å². The molecular weight excluding hydrogens is 348 g/mol. The molecule has 1 atom stereocenters. The Bertz CT molecular complexity index is 610. The minimum atomic E-state index is -0.0343. The second kappa shape index (κ2) is 8.10. The minimum absolute atomic E-state index is 0.000358. The lowest BCUT2D eigenvalue weighted by molar-refractivity contribution is -0.122. The molecule has 1 N–H and O–H groups in total. The van der Waals surface area contributed by atoms with E-state index in [-0.39, 0.29) is 11.9 Å². The Hall–Kier alpha value is -1.66. The van der Waals surface area contributed by atoms with Gasteiger partial charge in [0.25, 0.3) is 0 Å². The van der Waals surface area contributed by atoms with Crippen molar-refractivity contribution in [2.45, 2.75) is 25.8 Å². The lowest BCUT2D eigenvalue weighted by Crippen LogP contribution is -2.35. The van der Waals surface area contributed by atoms with Gasteiger partial charge in [-0.1, -0.05) is 28.1 Å². The number of ether oxygens (including phenoxy) is 1. The number of methoxy groups -OCH3 is 1. The van der Waals surface area contributed by atoms with Crippen molar-refractivity contribution in [3.05, 3.63) is 40.8 Å². The number of nitrogens with one attached hydrogen (secondary N) is 1. The van der Waals surface area contributed by atoms with Crippen LogP contribution < -0.4 is 5.32 Å². The van der Waals surface area contributed by atoms with Crippen LogP contribution >= 0.6 is 15.9 Å². The van der Waals surface area contributed by atoms with Crippen molar-refractivity contribution in [1.82, 2.24) is 10.3 Å². The van der Waals surface area contributed by atoms with Crippen molar-refractivity contribution in [1.29, 1.82) is 0 Å². The Labute approximate surface area is 138 Å². The fourth-order valence-electron chi connectivity index (χ4n) is 2.03. The van der Waals surface area contributed by atoms with Gasteiger partial charge < -0.3 is 14.5 Å². The lowest BCUT2D eigenvalue weighted by atomic mass is 10.2. The number of benzene rings is 1. The molecule has 118 valence electrons. The van der Waals surface area contributed by atoms with Gasteiger partial charge >= 0.3 is 0 Å². The first-order valence-electron chi connectivity index (χ1n) is 7.07. The summed E-state index contributed by atoms with van der Waals surface area (Å²) in [5.41, 5.74) is 0.958. The summed E-state index contributed by atoms with van der Waals surface area (Å²) in [6.07, 6.45) is 2.50. The molecule has 1 aromatic carbocycles. The van der Waals surface area contributed by atoms with Crippen molar-refractivity contribution in [3.63, 3.8) is 0 Å². The molecule has 0 aliphatic heterocycles. The third-order valence-corrected chi connectivity index (χ3v) is 3.60. The van der Waals surface area contributed by atoms with Crippen LogP contribution in [0.25, 0.3) is 11.3 Å². The maximum atomic E-state index is 11.8. The number of amides is 1. The maximum absolute atomic E-state index is 11.8. The molecule has 0 radical (unpaired) electrons. The van der Waals surface area contributed by atoms with E-state index in [1.54, 1.807) is 13.3 Å². The summed E-state index contributed by atoms with van der Waals surface area (Å²) in [5, 5.41) is 2.86. The van der Waals surface area contributed by atoms with Gasteiger partial charge in [0.15, 0.2) is 11.7 Å². The number of halogens is 1. The van der Waals surface area contributed by atoms with Crippen molar-refractivity contribution in [3.8, 4) is 11.3 Å². The highest BCUT2D eigenvalue weighted by atomic mass is 79.9. The summed E-state index contributed by atoms with van der Waals surface area (Å²) >= 11 is 3.39. The molecule has 0 saturated carbocycles. The van der Waals surface area contributed by atoms with Crippen LogP contribution in [0.4, 0.5) is 0 Å². The first-order chi connectivity index (χ1) is 10.6. The molecule has 2 rings (SSSR count). The summed E-state index contributed by atoms with van der Waals surface area (Å²) < 4.78 is 11.7. The zero-order valence-electron chi connectivity index (χ0n) is 12.6. The number of oxazole rings is 1. The average Bonchev–Trinajstić information content (AvgIpc) is 2.95. The maximum Gasteiger partial charge on any atom is 0.220 e. The number of aromatic nitrogens is 1. The van der Waals surface area contributed by atoms with Crippen LogP contribution in [-0.4, -0.2) is 30.6 Å². The van der Waals surface area contributed by atoms with Gasteiger partial charge in [-0.25, -0.2) is 4.98 Å². The van der Waals surface area contributed by atoms with Crippen LogP contribution in [-0.2, 0) is 16.0 Å². The number of hydrogen-bond donors (Lipinski definition) is 1. The molecule has 1 aromatic heterocycles. The Balaban J connectivity index is 1.87. The SMILES string of the molecule is COCC(C)NC(=O)CCc1ncc(-c2ccc(Br)cc2)o1. The van der Waals surface area contributed by atoms with Crippen LogP contribution in [0, 0.1) is 0 Å². The monoisotopic (exact) mass is 366 g/mol. The largest absolute Gasteiger partial charge is 0.441 e. The van der Waals surface area contributed by atoms with Gasteiger partial charge in [-0.2, -0.15) is 0 Å². The number of aryl methyl sites for hydroxylation is 1. The molecule has 0 saturated heterocycles. The van der Waals surface area contributed by atoms with Crippen LogP contribution in [0.2, 0.25) is 0 Å². The van der Waals surface area contributed by atoms with Gasteiger partial charge in [-0.15, -0.1) is 0 Å². The second-order valence-corrected chi connectivity index (χ2v) is 5.96. The highest BCUT2D eigenvalue weighted by Crippen LogP contribution is 2.22. The summed E-state index contributed by atoms with van der Waals surface area (Å²) in [6.45, 7) is 2.40. The normalized spacial score (nSPS) is 12.1. The molecule has 1 heterocycles. The van der Waals surface area contributed by atoms with E-state index >= 15 is 0 Å². The number of hydrogen-bond acceptors (Lipinski definition) is 4. The fourth-order valence-corrected chi connectivity index (χ4v) is 2.30. The molecule has 0 bridgehead atoms. The van der Waals surface area contributed by atoms with Gasteiger partial charge in [0.05, 0.1) is 12.8 Å². The van der Waals surface area contributed by atoms with E-state index < -0.39 is 0 Å². The van der Waals surface area contributed by atoms with Gasteiger partial charge in [0, 0.05) is 36.0 Å². The second-order valence-electron chi connectivity index (χ2n) is 5.05.